The number of rotatable bonds is 3. The van der Waals surface area contributed by atoms with Crippen LogP contribution < -0.4 is 0 Å². The van der Waals surface area contributed by atoms with E-state index in [-0.39, 0.29) is 12.1 Å². The standard InChI is InChI=1S/C5H8N2O4/c1-2-3(6-10)4(7-11)5(8)9/h10-11H,2H2,1H3,(H,8,9). The Balaban J connectivity index is 4.65. The molecular weight excluding hydrogens is 152 g/mol. The number of hydrogen-bond donors (Lipinski definition) is 3. The van der Waals surface area contributed by atoms with Gasteiger partial charge in [-0.15, -0.1) is 0 Å². The van der Waals surface area contributed by atoms with E-state index in [1.54, 1.807) is 6.92 Å². The first-order chi connectivity index (χ1) is 5.17. The maximum absolute atomic E-state index is 10.2. The summed E-state index contributed by atoms with van der Waals surface area (Å²) in [5.41, 5.74) is -0.810. The maximum atomic E-state index is 10.2. The van der Waals surface area contributed by atoms with Crippen LogP contribution in [0.3, 0.4) is 0 Å². The van der Waals surface area contributed by atoms with Gasteiger partial charge in [0.25, 0.3) is 0 Å². The third-order valence-electron chi connectivity index (χ3n) is 1.03. The molecule has 6 nitrogen and oxygen atoms in total. The van der Waals surface area contributed by atoms with E-state index in [1.165, 1.54) is 0 Å². The molecule has 62 valence electrons. The van der Waals surface area contributed by atoms with Crippen LogP contribution in [-0.4, -0.2) is 32.9 Å². The summed E-state index contributed by atoms with van der Waals surface area (Å²) in [6.45, 7) is 1.57. The fourth-order valence-corrected chi connectivity index (χ4v) is 0.509. The number of aliphatic carboxylic acids is 1. The van der Waals surface area contributed by atoms with Crippen molar-refractivity contribution in [3.05, 3.63) is 0 Å². The van der Waals surface area contributed by atoms with Crippen LogP contribution in [-0.2, 0) is 4.79 Å². The lowest BCUT2D eigenvalue weighted by Crippen LogP contribution is -2.23. The molecule has 0 atom stereocenters. The van der Waals surface area contributed by atoms with Crippen LogP contribution in [0.2, 0.25) is 0 Å². The van der Waals surface area contributed by atoms with E-state index in [9.17, 15) is 4.79 Å². The summed E-state index contributed by atoms with van der Waals surface area (Å²) < 4.78 is 0. The summed E-state index contributed by atoms with van der Waals surface area (Å²) >= 11 is 0. The summed E-state index contributed by atoms with van der Waals surface area (Å²) in [6.07, 6.45) is 0.183. The average molecular weight is 160 g/mol. The van der Waals surface area contributed by atoms with E-state index in [0.29, 0.717) is 0 Å². The Hall–Kier alpha value is -1.59. The van der Waals surface area contributed by atoms with Gasteiger partial charge in [0.2, 0.25) is 5.71 Å². The van der Waals surface area contributed by atoms with Crippen molar-refractivity contribution in [2.24, 2.45) is 10.3 Å². The van der Waals surface area contributed by atoms with Crippen LogP contribution in [0.5, 0.6) is 0 Å². The summed E-state index contributed by atoms with van der Waals surface area (Å²) in [7, 11) is 0. The van der Waals surface area contributed by atoms with Gasteiger partial charge in [-0.3, -0.25) is 0 Å². The lowest BCUT2D eigenvalue weighted by atomic mass is 10.2. The smallest absolute Gasteiger partial charge is 0.360 e. The number of carboxylic acids is 1. The summed E-state index contributed by atoms with van der Waals surface area (Å²) in [5, 5.41) is 29.8. The van der Waals surface area contributed by atoms with Gasteiger partial charge in [-0.05, 0) is 6.42 Å². The van der Waals surface area contributed by atoms with E-state index in [4.69, 9.17) is 15.5 Å². The van der Waals surface area contributed by atoms with Gasteiger partial charge in [0.1, 0.15) is 5.71 Å². The topological polar surface area (TPSA) is 102 Å². The molecule has 0 saturated carbocycles. The fourth-order valence-electron chi connectivity index (χ4n) is 0.509. The summed E-state index contributed by atoms with van der Waals surface area (Å²) in [5.74, 6) is -1.43. The van der Waals surface area contributed by atoms with Crippen LogP contribution in [0.25, 0.3) is 0 Å². The van der Waals surface area contributed by atoms with E-state index in [2.05, 4.69) is 10.3 Å². The Morgan fingerprint density at radius 2 is 1.91 bits per heavy atom. The molecule has 0 amide bonds. The molecule has 0 aromatic carbocycles. The molecule has 6 heteroatoms. The second kappa shape index (κ2) is 4.26. The molecule has 0 aromatic heterocycles. The van der Waals surface area contributed by atoms with Gasteiger partial charge in [0.15, 0.2) is 0 Å². The van der Waals surface area contributed by atoms with Gasteiger partial charge < -0.3 is 15.5 Å². The zero-order chi connectivity index (χ0) is 8.85. The number of hydrogen-bond acceptors (Lipinski definition) is 5. The minimum absolute atomic E-state index is 0.167. The highest BCUT2D eigenvalue weighted by Gasteiger charge is 2.16. The number of nitrogens with zero attached hydrogens (tertiary/aromatic N) is 2. The third kappa shape index (κ3) is 2.24. The highest BCUT2D eigenvalue weighted by molar-refractivity contribution is 6.65. The van der Waals surface area contributed by atoms with Gasteiger partial charge in [-0.1, -0.05) is 17.2 Å². The fraction of sp³-hybridized carbons (Fsp3) is 0.400. The molecule has 0 unspecified atom stereocenters. The van der Waals surface area contributed by atoms with Crippen LogP contribution in [0.15, 0.2) is 10.3 Å². The first kappa shape index (κ1) is 9.41. The average Bonchev–Trinajstić information content (AvgIpc) is 1.99. The van der Waals surface area contributed by atoms with Crippen molar-refractivity contribution >= 4 is 17.4 Å². The minimum Gasteiger partial charge on any atom is -0.476 e. The van der Waals surface area contributed by atoms with Crippen molar-refractivity contribution in [2.75, 3.05) is 0 Å². The van der Waals surface area contributed by atoms with Gasteiger partial charge in [0.05, 0.1) is 0 Å². The minimum atomic E-state index is -1.43. The molecule has 0 aliphatic rings. The molecule has 3 N–H and O–H groups in total. The number of oxime groups is 2. The Morgan fingerprint density at radius 1 is 1.36 bits per heavy atom. The van der Waals surface area contributed by atoms with E-state index >= 15 is 0 Å². The Labute approximate surface area is 62.4 Å². The van der Waals surface area contributed by atoms with Gasteiger partial charge in [-0.2, -0.15) is 0 Å². The van der Waals surface area contributed by atoms with E-state index in [1.807, 2.05) is 0 Å². The molecule has 0 heterocycles. The second-order valence-corrected chi connectivity index (χ2v) is 1.65. The first-order valence-electron chi connectivity index (χ1n) is 2.84. The SMILES string of the molecule is CCC(=NO)C(=NO)C(=O)O. The normalized spacial score (nSPS) is 13.2. The van der Waals surface area contributed by atoms with E-state index in [0.717, 1.165) is 0 Å². The van der Waals surface area contributed by atoms with Crippen molar-refractivity contribution in [1.29, 1.82) is 0 Å². The van der Waals surface area contributed by atoms with Crippen LogP contribution in [0.1, 0.15) is 13.3 Å². The van der Waals surface area contributed by atoms with Gasteiger partial charge in [0, 0.05) is 0 Å². The molecule has 0 aliphatic heterocycles. The Bertz CT molecular complexity index is 209. The largest absolute Gasteiger partial charge is 0.476 e. The molecule has 0 bridgehead atoms. The summed E-state index contributed by atoms with van der Waals surface area (Å²) in [6, 6.07) is 0. The van der Waals surface area contributed by atoms with Crippen molar-refractivity contribution in [3.63, 3.8) is 0 Å². The number of carbonyl (C=O) groups is 1. The van der Waals surface area contributed by atoms with Crippen LogP contribution >= 0.6 is 0 Å². The molecule has 0 aliphatic carbocycles. The zero-order valence-electron chi connectivity index (χ0n) is 5.85. The van der Waals surface area contributed by atoms with Crippen molar-refractivity contribution in [2.45, 2.75) is 13.3 Å². The molecule has 0 saturated heterocycles. The quantitative estimate of drug-likeness (QED) is 0.310. The first-order valence-corrected chi connectivity index (χ1v) is 2.84. The second-order valence-electron chi connectivity index (χ2n) is 1.65. The van der Waals surface area contributed by atoms with Crippen LogP contribution in [0.4, 0.5) is 0 Å². The molecule has 0 spiro atoms. The lowest BCUT2D eigenvalue weighted by Gasteiger charge is -1.96. The highest BCUT2D eigenvalue weighted by atomic mass is 16.4. The zero-order valence-corrected chi connectivity index (χ0v) is 5.85. The Morgan fingerprint density at radius 3 is 2.00 bits per heavy atom. The van der Waals surface area contributed by atoms with E-state index < -0.39 is 11.7 Å². The van der Waals surface area contributed by atoms with Crippen LogP contribution in [0, 0.1) is 0 Å². The highest BCUT2D eigenvalue weighted by Crippen LogP contribution is 1.90. The molecular formula is C5H8N2O4. The third-order valence-corrected chi connectivity index (χ3v) is 1.03. The van der Waals surface area contributed by atoms with Crippen molar-refractivity contribution in [1.82, 2.24) is 0 Å². The van der Waals surface area contributed by atoms with Gasteiger partial charge >= 0.3 is 5.97 Å². The molecule has 0 fully saturated rings. The van der Waals surface area contributed by atoms with Gasteiger partial charge in [-0.25, -0.2) is 4.79 Å². The van der Waals surface area contributed by atoms with Crippen molar-refractivity contribution in [3.8, 4) is 0 Å². The molecule has 0 radical (unpaired) electrons. The van der Waals surface area contributed by atoms with Crippen molar-refractivity contribution < 1.29 is 20.3 Å². The predicted molar refractivity (Wildman–Crippen MR) is 36.4 cm³/mol. The monoisotopic (exact) mass is 160 g/mol. The summed E-state index contributed by atoms with van der Waals surface area (Å²) in [4.78, 5) is 10.2. The lowest BCUT2D eigenvalue weighted by molar-refractivity contribution is -0.129. The number of carboxylic acid groups (broad SMARTS) is 1. The molecule has 0 aromatic rings. The molecule has 0 rings (SSSR count). The molecule has 11 heavy (non-hydrogen) atoms. The Kier molecular flexibility index (Phi) is 3.65. The predicted octanol–water partition coefficient (Wildman–Crippen LogP) is 0.141. The maximum Gasteiger partial charge on any atom is 0.360 e.